The van der Waals surface area contributed by atoms with Gasteiger partial charge in [0.15, 0.2) is 12.1 Å². The number of benzene rings is 1. The highest BCUT2D eigenvalue weighted by Crippen LogP contribution is 2.22. The monoisotopic (exact) mass is 207 g/mol. The van der Waals surface area contributed by atoms with Crippen LogP contribution in [0.2, 0.25) is 0 Å². The predicted molar refractivity (Wildman–Crippen MR) is 53.2 cm³/mol. The maximum absolute atomic E-state index is 11.1. The van der Waals surface area contributed by atoms with Gasteiger partial charge in [-0.25, -0.2) is 0 Å². The number of rotatable bonds is 3. The van der Waals surface area contributed by atoms with Crippen LogP contribution in [-0.4, -0.2) is 17.0 Å². The van der Waals surface area contributed by atoms with E-state index in [1.807, 2.05) is 0 Å². The van der Waals surface area contributed by atoms with Gasteiger partial charge in [-0.15, -0.1) is 0 Å². The first-order chi connectivity index (χ1) is 6.97. The molecule has 1 aromatic carbocycles. The molecular weight excluding hydrogens is 198 g/mol. The number of aryl methyl sites for hydroxylation is 1. The molecule has 0 fully saturated rings. The van der Waals surface area contributed by atoms with Crippen LogP contribution < -0.4 is 0 Å². The number of nitrogens with zero attached hydrogens (tertiary/aromatic N) is 1. The summed E-state index contributed by atoms with van der Waals surface area (Å²) in [6.45, 7) is 2.88. The van der Waals surface area contributed by atoms with Crippen LogP contribution in [0.25, 0.3) is 0 Å². The number of aldehydes is 1. The lowest BCUT2D eigenvalue weighted by Gasteiger charge is -2.02. The second-order valence-electron chi connectivity index (χ2n) is 3.16. The lowest BCUT2D eigenvalue weighted by atomic mass is 10.0. The van der Waals surface area contributed by atoms with E-state index in [9.17, 15) is 19.7 Å². The van der Waals surface area contributed by atoms with Crippen molar-refractivity contribution in [3.05, 3.63) is 38.9 Å². The molecule has 1 aromatic rings. The van der Waals surface area contributed by atoms with Crippen LogP contribution in [0.5, 0.6) is 0 Å². The summed E-state index contributed by atoms with van der Waals surface area (Å²) in [6.07, 6.45) is 0.534. The summed E-state index contributed by atoms with van der Waals surface area (Å²) in [5.74, 6) is -0.387. The van der Waals surface area contributed by atoms with Crippen molar-refractivity contribution in [2.24, 2.45) is 0 Å². The van der Waals surface area contributed by atoms with E-state index in [2.05, 4.69) is 0 Å². The Hall–Kier alpha value is -2.04. The number of nitro groups is 1. The molecular formula is C10H9NO4. The summed E-state index contributed by atoms with van der Waals surface area (Å²) in [5, 5.41) is 10.6. The third kappa shape index (κ3) is 2.07. The smallest absolute Gasteiger partial charge is 0.280 e. The molecule has 0 spiro atoms. The van der Waals surface area contributed by atoms with Gasteiger partial charge in [-0.05, 0) is 25.5 Å². The van der Waals surface area contributed by atoms with Gasteiger partial charge in [0.05, 0.1) is 10.5 Å². The number of hydrogen-bond donors (Lipinski definition) is 0. The summed E-state index contributed by atoms with van der Waals surface area (Å²) in [6, 6.07) is 2.49. The molecule has 0 bridgehead atoms. The Bertz CT molecular complexity index is 451. The largest absolute Gasteiger partial charge is 0.298 e. The molecule has 15 heavy (non-hydrogen) atoms. The van der Waals surface area contributed by atoms with E-state index in [0.29, 0.717) is 11.8 Å². The fourth-order valence-electron chi connectivity index (χ4n) is 1.27. The first-order valence-corrected chi connectivity index (χ1v) is 4.22. The van der Waals surface area contributed by atoms with E-state index >= 15 is 0 Å². The summed E-state index contributed by atoms with van der Waals surface area (Å²) in [7, 11) is 0. The number of Topliss-reactive ketones (excluding diaryl/α,β-unsaturated/α-hetero) is 1. The highest BCUT2D eigenvalue weighted by atomic mass is 16.6. The highest BCUT2D eigenvalue weighted by Gasteiger charge is 2.19. The number of hydrogen-bond acceptors (Lipinski definition) is 4. The first kappa shape index (κ1) is 11.0. The molecule has 0 aliphatic heterocycles. The van der Waals surface area contributed by atoms with Crippen LogP contribution in [-0.2, 0) is 0 Å². The Morgan fingerprint density at radius 3 is 2.47 bits per heavy atom. The Morgan fingerprint density at radius 1 is 1.47 bits per heavy atom. The van der Waals surface area contributed by atoms with Crippen LogP contribution in [0.15, 0.2) is 12.1 Å². The molecule has 0 amide bonds. The zero-order valence-electron chi connectivity index (χ0n) is 8.31. The van der Waals surface area contributed by atoms with E-state index < -0.39 is 4.92 Å². The third-order valence-electron chi connectivity index (χ3n) is 2.09. The van der Waals surface area contributed by atoms with Crippen LogP contribution >= 0.6 is 0 Å². The quantitative estimate of drug-likeness (QED) is 0.328. The standard InChI is InChI=1S/C10H9NO4/c1-6-3-9(7(2)13)10(11(14)15)4-8(6)5-12/h3-5H,1-2H3. The van der Waals surface area contributed by atoms with Gasteiger partial charge in [0.2, 0.25) is 0 Å². The van der Waals surface area contributed by atoms with Crippen LogP contribution in [0.3, 0.4) is 0 Å². The molecule has 0 N–H and O–H groups in total. The fourth-order valence-corrected chi connectivity index (χ4v) is 1.27. The molecule has 0 aromatic heterocycles. The van der Waals surface area contributed by atoms with Crippen molar-refractivity contribution >= 4 is 17.8 Å². The van der Waals surface area contributed by atoms with Crippen molar-refractivity contribution in [2.45, 2.75) is 13.8 Å². The first-order valence-electron chi connectivity index (χ1n) is 4.22. The zero-order chi connectivity index (χ0) is 11.6. The normalized spacial score (nSPS) is 9.73. The number of carbonyl (C=O) groups is 2. The van der Waals surface area contributed by atoms with Gasteiger partial charge >= 0.3 is 0 Å². The molecule has 0 radical (unpaired) electrons. The topological polar surface area (TPSA) is 77.3 Å². The van der Waals surface area contributed by atoms with E-state index in [1.165, 1.54) is 13.0 Å². The average molecular weight is 207 g/mol. The number of carbonyl (C=O) groups excluding carboxylic acids is 2. The molecule has 0 saturated heterocycles. The van der Waals surface area contributed by atoms with Gasteiger partial charge in [0.1, 0.15) is 0 Å². The van der Waals surface area contributed by atoms with Crippen molar-refractivity contribution in [2.75, 3.05) is 0 Å². The minimum atomic E-state index is -0.664. The van der Waals surface area contributed by atoms with E-state index in [4.69, 9.17) is 0 Å². The third-order valence-corrected chi connectivity index (χ3v) is 2.09. The molecule has 5 heteroatoms. The summed E-state index contributed by atoms with van der Waals surface area (Å²) >= 11 is 0. The van der Waals surface area contributed by atoms with Crippen LogP contribution in [0.1, 0.15) is 33.2 Å². The lowest BCUT2D eigenvalue weighted by Crippen LogP contribution is -2.02. The Kier molecular flexibility index (Phi) is 2.94. The summed E-state index contributed by atoms with van der Waals surface area (Å²) in [5.41, 5.74) is 0.491. The van der Waals surface area contributed by atoms with Gasteiger partial charge in [-0.2, -0.15) is 0 Å². The average Bonchev–Trinajstić information content (AvgIpc) is 2.16. The maximum Gasteiger partial charge on any atom is 0.280 e. The predicted octanol–water partition coefficient (Wildman–Crippen LogP) is 1.92. The fraction of sp³-hybridized carbons (Fsp3) is 0.200. The van der Waals surface area contributed by atoms with Gasteiger partial charge in [-0.1, -0.05) is 0 Å². The minimum absolute atomic E-state index is 0.0306. The Labute approximate surface area is 85.9 Å². The minimum Gasteiger partial charge on any atom is -0.298 e. The summed E-state index contributed by atoms with van der Waals surface area (Å²) in [4.78, 5) is 31.7. The highest BCUT2D eigenvalue weighted by molar-refractivity contribution is 5.99. The van der Waals surface area contributed by atoms with Crippen molar-refractivity contribution in [3.63, 3.8) is 0 Å². The van der Waals surface area contributed by atoms with Crippen molar-refractivity contribution in [1.29, 1.82) is 0 Å². The second kappa shape index (κ2) is 4.00. The van der Waals surface area contributed by atoms with Gasteiger partial charge in [0.25, 0.3) is 5.69 Å². The molecule has 0 unspecified atom stereocenters. The molecule has 0 aliphatic carbocycles. The summed E-state index contributed by atoms with van der Waals surface area (Å²) < 4.78 is 0. The SMILES string of the molecule is CC(=O)c1cc(C)c(C=O)cc1[N+](=O)[O-]. The number of nitro benzene ring substituents is 1. The lowest BCUT2D eigenvalue weighted by molar-refractivity contribution is -0.385. The van der Waals surface area contributed by atoms with Crippen LogP contribution in [0, 0.1) is 17.0 Å². The molecule has 78 valence electrons. The molecule has 0 heterocycles. The van der Waals surface area contributed by atoms with Crippen molar-refractivity contribution in [1.82, 2.24) is 0 Å². The van der Waals surface area contributed by atoms with Gasteiger partial charge in [-0.3, -0.25) is 19.7 Å². The van der Waals surface area contributed by atoms with Crippen molar-refractivity contribution < 1.29 is 14.5 Å². The Balaban J connectivity index is 3.52. The molecule has 1 rings (SSSR count). The second-order valence-corrected chi connectivity index (χ2v) is 3.16. The Morgan fingerprint density at radius 2 is 2.07 bits per heavy atom. The van der Waals surface area contributed by atoms with E-state index in [-0.39, 0.29) is 22.6 Å². The van der Waals surface area contributed by atoms with Crippen LogP contribution in [0.4, 0.5) is 5.69 Å². The zero-order valence-corrected chi connectivity index (χ0v) is 8.31. The van der Waals surface area contributed by atoms with Crippen molar-refractivity contribution in [3.8, 4) is 0 Å². The maximum atomic E-state index is 11.1. The molecule has 0 atom stereocenters. The molecule has 0 saturated carbocycles. The number of ketones is 1. The van der Waals surface area contributed by atoms with E-state index in [1.54, 1.807) is 6.92 Å². The van der Waals surface area contributed by atoms with Gasteiger partial charge < -0.3 is 0 Å². The van der Waals surface area contributed by atoms with Gasteiger partial charge in [0, 0.05) is 11.6 Å². The molecule has 5 nitrogen and oxygen atoms in total. The van der Waals surface area contributed by atoms with E-state index in [0.717, 1.165) is 6.07 Å². The molecule has 0 aliphatic rings.